The van der Waals surface area contributed by atoms with Crippen molar-refractivity contribution in [2.75, 3.05) is 5.73 Å². The molecule has 0 bridgehead atoms. The fraction of sp³-hybridized carbons (Fsp3) is 0.545. The molecule has 0 radical (unpaired) electrons. The van der Waals surface area contributed by atoms with E-state index < -0.39 is 0 Å². The van der Waals surface area contributed by atoms with E-state index in [0.29, 0.717) is 16.8 Å². The minimum Gasteiger partial charge on any atom is -0.389 e. The Morgan fingerprint density at radius 2 is 2.21 bits per heavy atom. The Hall–Kier alpha value is -1.01. The number of aryl methyl sites for hydroxylation is 1. The molecule has 2 N–H and O–H groups in total. The first kappa shape index (κ1) is 9.54. The molecule has 1 aliphatic rings. The molecule has 14 heavy (non-hydrogen) atoms. The average molecular weight is 206 g/mol. The summed E-state index contributed by atoms with van der Waals surface area (Å²) >= 11 is 1.60. The topological polar surface area (TPSA) is 49.8 Å². The summed E-state index contributed by atoms with van der Waals surface area (Å²) in [6.07, 6.45) is 2.32. The zero-order valence-electron chi connectivity index (χ0n) is 8.50. The van der Waals surface area contributed by atoms with Crippen LogP contribution in [0.1, 0.15) is 42.2 Å². The molecule has 1 aromatic rings. The molecule has 0 amide bonds. The van der Waals surface area contributed by atoms with Gasteiger partial charge in [0.05, 0.1) is 5.56 Å². The van der Waals surface area contributed by atoms with Gasteiger partial charge in [-0.15, -0.1) is 11.3 Å². The van der Waals surface area contributed by atoms with Crippen molar-refractivity contribution in [2.24, 2.45) is 5.92 Å². The Labute approximate surface area is 88.4 Å². The molecule has 0 saturated heterocycles. The molecule has 3 heteroatoms. The predicted molar refractivity (Wildman–Crippen MR) is 59.3 cm³/mol. The predicted octanol–water partition coefficient (Wildman–Crippen LogP) is 2.89. The van der Waals surface area contributed by atoms with Gasteiger partial charge in [0.2, 0.25) is 0 Å². The second kappa shape index (κ2) is 3.29. The third kappa shape index (κ3) is 1.22. The zero-order valence-corrected chi connectivity index (χ0v) is 9.32. The Morgan fingerprint density at radius 3 is 2.86 bits per heavy atom. The molecule has 0 aliphatic heterocycles. The van der Waals surface area contributed by atoms with Gasteiger partial charge < -0.3 is 5.73 Å². The molecule has 0 fully saturated rings. The van der Waals surface area contributed by atoms with E-state index in [9.17, 15) is 0 Å². The number of nitriles is 1. The van der Waals surface area contributed by atoms with E-state index in [4.69, 9.17) is 11.0 Å². The first-order chi connectivity index (χ1) is 6.65. The van der Waals surface area contributed by atoms with Crippen LogP contribution in [0, 0.1) is 17.2 Å². The Bertz CT molecular complexity index is 400. The number of hydrogen-bond donors (Lipinski definition) is 1. The van der Waals surface area contributed by atoms with Gasteiger partial charge in [0.1, 0.15) is 11.1 Å². The first-order valence-corrected chi connectivity index (χ1v) is 5.78. The van der Waals surface area contributed by atoms with Crippen LogP contribution < -0.4 is 5.73 Å². The van der Waals surface area contributed by atoms with Crippen molar-refractivity contribution < 1.29 is 0 Å². The summed E-state index contributed by atoms with van der Waals surface area (Å²) < 4.78 is 0. The van der Waals surface area contributed by atoms with Crippen LogP contribution in [-0.2, 0) is 6.42 Å². The lowest BCUT2D eigenvalue weighted by atomic mass is 9.79. The highest BCUT2D eigenvalue weighted by Crippen LogP contribution is 2.43. The van der Waals surface area contributed by atoms with E-state index in [2.05, 4.69) is 19.9 Å². The van der Waals surface area contributed by atoms with Crippen LogP contribution in [0.5, 0.6) is 0 Å². The van der Waals surface area contributed by atoms with Crippen LogP contribution in [-0.4, -0.2) is 0 Å². The van der Waals surface area contributed by atoms with Gasteiger partial charge >= 0.3 is 0 Å². The molecule has 2 unspecified atom stereocenters. The highest BCUT2D eigenvalue weighted by molar-refractivity contribution is 7.16. The molecular formula is C11H14N2S. The number of thiophene rings is 1. The van der Waals surface area contributed by atoms with Gasteiger partial charge in [0, 0.05) is 4.88 Å². The van der Waals surface area contributed by atoms with Gasteiger partial charge in [-0.3, -0.25) is 0 Å². The SMILES string of the molecule is CC1CCc2sc(N)c(C#N)c2C1C. The normalized spacial score (nSPS) is 25.5. The Morgan fingerprint density at radius 1 is 1.50 bits per heavy atom. The number of rotatable bonds is 0. The second-order valence-electron chi connectivity index (χ2n) is 4.09. The summed E-state index contributed by atoms with van der Waals surface area (Å²) in [6, 6.07) is 2.24. The monoisotopic (exact) mass is 206 g/mol. The molecule has 0 aromatic carbocycles. The lowest BCUT2D eigenvalue weighted by molar-refractivity contribution is 0.430. The van der Waals surface area contributed by atoms with E-state index in [1.165, 1.54) is 16.9 Å². The minimum absolute atomic E-state index is 0.488. The lowest BCUT2D eigenvalue weighted by Crippen LogP contribution is -2.14. The largest absolute Gasteiger partial charge is 0.389 e. The molecule has 74 valence electrons. The zero-order chi connectivity index (χ0) is 10.3. The maximum absolute atomic E-state index is 9.04. The van der Waals surface area contributed by atoms with E-state index in [0.717, 1.165) is 12.0 Å². The van der Waals surface area contributed by atoms with Gasteiger partial charge in [0.25, 0.3) is 0 Å². The van der Waals surface area contributed by atoms with Crippen LogP contribution in [0.15, 0.2) is 0 Å². The molecule has 2 rings (SSSR count). The summed E-state index contributed by atoms with van der Waals surface area (Å²) in [5.41, 5.74) is 7.81. The van der Waals surface area contributed by atoms with Crippen LogP contribution in [0.3, 0.4) is 0 Å². The van der Waals surface area contributed by atoms with E-state index in [1.807, 2.05) is 0 Å². The van der Waals surface area contributed by atoms with Crippen molar-refractivity contribution >= 4 is 16.3 Å². The number of hydrogen-bond acceptors (Lipinski definition) is 3. The highest BCUT2D eigenvalue weighted by Gasteiger charge is 2.28. The summed E-state index contributed by atoms with van der Waals surface area (Å²) in [5.74, 6) is 1.16. The molecule has 2 atom stereocenters. The summed E-state index contributed by atoms with van der Waals surface area (Å²) in [6.45, 7) is 4.46. The van der Waals surface area contributed by atoms with Crippen LogP contribution >= 0.6 is 11.3 Å². The fourth-order valence-corrected chi connectivity index (χ4v) is 3.33. The summed E-state index contributed by atoms with van der Waals surface area (Å²) in [5, 5.41) is 9.75. The van der Waals surface area contributed by atoms with Gasteiger partial charge in [-0.2, -0.15) is 5.26 Å². The smallest absolute Gasteiger partial charge is 0.104 e. The minimum atomic E-state index is 0.488. The second-order valence-corrected chi connectivity index (χ2v) is 5.23. The van der Waals surface area contributed by atoms with Gasteiger partial charge in [0.15, 0.2) is 0 Å². The van der Waals surface area contributed by atoms with Crippen molar-refractivity contribution in [3.05, 3.63) is 16.0 Å². The molecule has 1 aliphatic carbocycles. The molecule has 1 heterocycles. The van der Waals surface area contributed by atoms with E-state index in [-0.39, 0.29) is 0 Å². The van der Waals surface area contributed by atoms with Crippen molar-refractivity contribution in [2.45, 2.75) is 32.6 Å². The van der Waals surface area contributed by atoms with Crippen LogP contribution in [0.4, 0.5) is 5.00 Å². The van der Waals surface area contributed by atoms with E-state index in [1.54, 1.807) is 11.3 Å². The Kier molecular flexibility index (Phi) is 2.24. The summed E-state index contributed by atoms with van der Waals surface area (Å²) in [4.78, 5) is 1.34. The van der Waals surface area contributed by atoms with Crippen molar-refractivity contribution in [1.29, 1.82) is 5.26 Å². The van der Waals surface area contributed by atoms with E-state index >= 15 is 0 Å². The van der Waals surface area contributed by atoms with Crippen molar-refractivity contribution in [3.8, 4) is 6.07 Å². The van der Waals surface area contributed by atoms with Crippen LogP contribution in [0.25, 0.3) is 0 Å². The molecule has 0 spiro atoms. The maximum Gasteiger partial charge on any atom is 0.104 e. The molecular weight excluding hydrogens is 192 g/mol. The number of nitrogens with zero attached hydrogens (tertiary/aromatic N) is 1. The average Bonchev–Trinajstić information content (AvgIpc) is 2.48. The van der Waals surface area contributed by atoms with Gasteiger partial charge in [-0.25, -0.2) is 0 Å². The number of nitrogens with two attached hydrogens (primary N) is 1. The first-order valence-electron chi connectivity index (χ1n) is 4.96. The molecule has 1 aromatic heterocycles. The van der Waals surface area contributed by atoms with Gasteiger partial charge in [-0.05, 0) is 30.2 Å². The fourth-order valence-electron chi connectivity index (χ4n) is 2.19. The summed E-state index contributed by atoms with van der Waals surface area (Å²) in [7, 11) is 0. The number of anilines is 1. The van der Waals surface area contributed by atoms with Crippen molar-refractivity contribution in [3.63, 3.8) is 0 Å². The third-order valence-corrected chi connectivity index (χ3v) is 4.39. The maximum atomic E-state index is 9.04. The van der Waals surface area contributed by atoms with Gasteiger partial charge in [-0.1, -0.05) is 13.8 Å². The highest BCUT2D eigenvalue weighted by atomic mass is 32.1. The third-order valence-electron chi connectivity index (χ3n) is 3.30. The Balaban J connectivity index is 2.58. The van der Waals surface area contributed by atoms with Crippen LogP contribution in [0.2, 0.25) is 0 Å². The number of fused-ring (bicyclic) bond motifs is 1. The molecule has 0 saturated carbocycles. The standard InChI is InChI=1S/C11H14N2S/c1-6-3-4-9-10(7(6)2)8(5-12)11(13)14-9/h6-7H,3-4,13H2,1-2H3. The lowest BCUT2D eigenvalue weighted by Gasteiger charge is -2.26. The quantitative estimate of drug-likeness (QED) is 0.709. The molecule has 2 nitrogen and oxygen atoms in total. The number of nitrogen functional groups attached to an aromatic ring is 1. The van der Waals surface area contributed by atoms with Crippen molar-refractivity contribution in [1.82, 2.24) is 0 Å².